The minimum absolute atomic E-state index is 0.114. The first kappa shape index (κ1) is 18.5. The first-order chi connectivity index (χ1) is 13.2. The Morgan fingerprint density at radius 2 is 2.15 bits per heavy atom. The van der Waals surface area contributed by atoms with E-state index < -0.39 is 0 Å². The number of ether oxygens (including phenoxy) is 1. The minimum Gasteiger partial charge on any atom is -0.377 e. The molecular formula is C20H24FN3O2S. The quantitative estimate of drug-likeness (QED) is 0.789. The van der Waals surface area contributed by atoms with Gasteiger partial charge in [-0.3, -0.25) is 9.69 Å². The van der Waals surface area contributed by atoms with Crippen molar-refractivity contribution in [1.29, 1.82) is 0 Å². The van der Waals surface area contributed by atoms with Gasteiger partial charge in [-0.25, -0.2) is 9.37 Å². The van der Waals surface area contributed by atoms with Gasteiger partial charge in [0.1, 0.15) is 10.8 Å². The maximum Gasteiger partial charge on any atom is 0.228 e. The molecule has 0 saturated carbocycles. The van der Waals surface area contributed by atoms with Crippen LogP contribution < -0.4 is 0 Å². The molecular weight excluding hydrogens is 365 g/mol. The van der Waals surface area contributed by atoms with Crippen LogP contribution in [0.4, 0.5) is 4.39 Å². The van der Waals surface area contributed by atoms with Gasteiger partial charge in [0, 0.05) is 50.3 Å². The van der Waals surface area contributed by atoms with Crippen molar-refractivity contribution >= 4 is 17.2 Å². The van der Waals surface area contributed by atoms with Crippen LogP contribution in [0.1, 0.15) is 18.5 Å². The largest absolute Gasteiger partial charge is 0.377 e. The number of thiazole rings is 1. The third-order valence-electron chi connectivity index (χ3n) is 5.17. The Hall–Kier alpha value is -1.83. The van der Waals surface area contributed by atoms with E-state index >= 15 is 0 Å². The molecule has 0 spiro atoms. The number of carbonyl (C=O) groups is 1. The summed E-state index contributed by atoms with van der Waals surface area (Å²) in [5.41, 5.74) is 1.51. The highest BCUT2D eigenvalue weighted by Crippen LogP contribution is 2.24. The van der Waals surface area contributed by atoms with E-state index in [9.17, 15) is 9.18 Å². The summed E-state index contributed by atoms with van der Waals surface area (Å²) in [6, 6.07) is 6.39. The molecule has 4 rings (SSSR count). The smallest absolute Gasteiger partial charge is 0.228 e. The van der Waals surface area contributed by atoms with Crippen LogP contribution in [0.3, 0.4) is 0 Å². The molecule has 27 heavy (non-hydrogen) atoms. The molecule has 2 saturated heterocycles. The van der Waals surface area contributed by atoms with Gasteiger partial charge in [0.2, 0.25) is 5.91 Å². The number of rotatable bonds is 5. The second kappa shape index (κ2) is 8.46. The number of aromatic nitrogens is 1. The molecule has 144 valence electrons. The van der Waals surface area contributed by atoms with E-state index in [1.807, 2.05) is 16.3 Å². The van der Waals surface area contributed by atoms with E-state index in [1.165, 1.54) is 23.5 Å². The van der Waals surface area contributed by atoms with Gasteiger partial charge in [-0.1, -0.05) is 12.1 Å². The predicted octanol–water partition coefficient (Wildman–Crippen LogP) is 2.81. The average Bonchev–Trinajstić information content (AvgIpc) is 3.34. The summed E-state index contributed by atoms with van der Waals surface area (Å²) in [5.74, 6) is -0.163. The molecule has 1 aromatic carbocycles. The maximum absolute atomic E-state index is 13.4. The molecule has 3 heterocycles. The molecule has 5 nitrogen and oxygen atoms in total. The lowest BCUT2D eigenvalue weighted by Crippen LogP contribution is -2.50. The normalized spacial score (nSPS) is 20.9. The van der Waals surface area contributed by atoms with Gasteiger partial charge in [-0.05, 0) is 25.0 Å². The number of halogens is 1. The molecule has 0 bridgehead atoms. The monoisotopic (exact) mass is 389 g/mol. The first-order valence-electron chi connectivity index (χ1n) is 9.49. The highest BCUT2D eigenvalue weighted by atomic mass is 32.1. The van der Waals surface area contributed by atoms with Crippen LogP contribution in [0.2, 0.25) is 0 Å². The van der Waals surface area contributed by atoms with Crippen molar-refractivity contribution in [3.63, 3.8) is 0 Å². The predicted molar refractivity (Wildman–Crippen MR) is 103 cm³/mol. The number of piperazine rings is 1. The molecule has 7 heteroatoms. The van der Waals surface area contributed by atoms with Gasteiger partial charge in [-0.2, -0.15) is 0 Å². The fraction of sp³-hybridized carbons (Fsp3) is 0.500. The Morgan fingerprint density at radius 1 is 1.30 bits per heavy atom. The lowest BCUT2D eigenvalue weighted by molar-refractivity contribution is -0.132. The number of carbonyl (C=O) groups excluding carboxylic acids is 1. The molecule has 2 aliphatic rings. The van der Waals surface area contributed by atoms with Crippen molar-refractivity contribution in [3.05, 3.63) is 41.2 Å². The second-order valence-electron chi connectivity index (χ2n) is 7.15. The summed E-state index contributed by atoms with van der Waals surface area (Å²) in [6.45, 7) is 5.17. The highest BCUT2D eigenvalue weighted by molar-refractivity contribution is 7.13. The second-order valence-corrected chi connectivity index (χ2v) is 8.01. The van der Waals surface area contributed by atoms with Crippen molar-refractivity contribution in [2.45, 2.75) is 25.4 Å². The minimum atomic E-state index is -0.277. The topological polar surface area (TPSA) is 45.7 Å². The number of hydrogen-bond donors (Lipinski definition) is 0. The Balaban J connectivity index is 1.28. The van der Waals surface area contributed by atoms with Crippen LogP contribution in [-0.2, 0) is 16.0 Å². The summed E-state index contributed by atoms with van der Waals surface area (Å²) in [6.07, 6.45) is 2.98. The summed E-state index contributed by atoms with van der Waals surface area (Å²) < 4.78 is 19.1. The molecule has 0 aliphatic carbocycles. The van der Waals surface area contributed by atoms with Crippen molar-refractivity contribution in [2.24, 2.45) is 0 Å². The van der Waals surface area contributed by atoms with Crippen LogP contribution in [0.25, 0.3) is 10.6 Å². The summed E-state index contributed by atoms with van der Waals surface area (Å²) in [4.78, 5) is 21.4. The fourth-order valence-electron chi connectivity index (χ4n) is 3.67. The van der Waals surface area contributed by atoms with E-state index in [2.05, 4.69) is 9.88 Å². The van der Waals surface area contributed by atoms with Gasteiger partial charge >= 0.3 is 0 Å². The third-order valence-corrected chi connectivity index (χ3v) is 6.11. The van der Waals surface area contributed by atoms with Gasteiger partial charge in [0.15, 0.2) is 0 Å². The van der Waals surface area contributed by atoms with Gasteiger partial charge in [0.25, 0.3) is 0 Å². The zero-order chi connectivity index (χ0) is 18.6. The molecule has 2 aliphatic heterocycles. The molecule has 1 unspecified atom stereocenters. The zero-order valence-corrected chi connectivity index (χ0v) is 16.1. The lowest BCUT2D eigenvalue weighted by atomic mass is 10.2. The van der Waals surface area contributed by atoms with Gasteiger partial charge < -0.3 is 9.64 Å². The lowest BCUT2D eigenvalue weighted by Gasteiger charge is -2.35. The standard InChI is InChI=1S/C20H24FN3O2S/c21-16-4-1-3-15(11-16)20-22-17(14-27-20)12-19(25)24-8-6-23(7-9-24)13-18-5-2-10-26-18/h1,3-4,11,14,18H,2,5-10,12-13H2. The molecule has 2 aromatic rings. The summed E-state index contributed by atoms with van der Waals surface area (Å²) in [5, 5.41) is 2.64. The van der Waals surface area contributed by atoms with Crippen molar-refractivity contribution in [3.8, 4) is 10.6 Å². The number of hydrogen-bond acceptors (Lipinski definition) is 5. The molecule has 1 amide bonds. The first-order valence-corrected chi connectivity index (χ1v) is 10.4. The molecule has 0 N–H and O–H groups in total. The molecule has 1 atom stereocenters. The fourth-order valence-corrected chi connectivity index (χ4v) is 4.48. The number of amides is 1. The van der Waals surface area contributed by atoms with Crippen LogP contribution >= 0.6 is 11.3 Å². The molecule has 2 fully saturated rings. The van der Waals surface area contributed by atoms with Crippen molar-refractivity contribution in [2.75, 3.05) is 39.3 Å². The number of nitrogens with zero attached hydrogens (tertiary/aromatic N) is 3. The summed E-state index contributed by atoms with van der Waals surface area (Å²) >= 11 is 1.45. The Bertz CT molecular complexity index is 783. The average molecular weight is 389 g/mol. The van der Waals surface area contributed by atoms with Gasteiger partial charge in [0.05, 0.1) is 18.2 Å². The van der Waals surface area contributed by atoms with E-state index in [1.54, 1.807) is 6.07 Å². The highest BCUT2D eigenvalue weighted by Gasteiger charge is 2.25. The van der Waals surface area contributed by atoms with Crippen LogP contribution in [0.15, 0.2) is 29.6 Å². The zero-order valence-electron chi connectivity index (χ0n) is 15.3. The number of benzene rings is 1. The van der Waals surface area contributed by atoms with E-state index in [0.29, 0.717) is 12.5 Å². The van der Waals surface area contributed by atoms with E-state index in [0.717, 1.165) is 68.4 Å². The maximum atomic E-state index is 13.4. The van der Waals surface area contributed by atoms with Crippen molar-refractivity contribution in [1.82, 2.24) is 14.8 Å². The molecule has 1 aromatic heterocycles. The van der Waals surface area contributed by atoms with Crippen LogP contribution in [0.5, 0.6) is 0 Å². The molecule has 0 radical (unpaired) electrons. The Kier molecular flexibility index (Phi) is 5.80. The Labute approximate surface area is 162 Å². The summed E-state index contributed by atoms with van der Waals surface area (Å²) in [7, 11) is 0. The van der Waals surface area contributed by atoms with E-state index in [4.69, 9.17) is 4.74 Å². The Morgan fingerprint density at radius 3 is 2.89 bits per heavy atom. The third kappa shape index (κ3) is 4.72. The van der Waals surface area contributed by atoms with Crippen molar-refractivity contribution < 1.29 is 13.9 Å². The van der Waals surface area contributed by atoms with Gasteiger partial charge in [-0.15, -0.1) is 11.3 Å². The SMILES string of the molecule is O=C(Cc1csc(-c2cccc(F)c2)n1)N1CCN(CC2CCCO2)CC1. The van der Waals surface area contributed by atoms with Crippen LogP contribution in [0, 0.1) is 5.82 Å². The van der Waals surface area contributed by atoms with Crippen LogP contribution in [-0.4, -0.2) is 66.1 Å². The van der Waals surface area contributed by atoms with E-state index in [-0.39, 0.29) is 11.7 Å².